The third kappa shape index (κ3) is 3.35. The summed E-state index contributed by atoms with van der Waals surface area (Å²) >= 11 is 0. The van der Waals surface area contributed by atoms with Crippen LogP contribution in [0.5, 0.6) is 0 Å². The van der Waals surface area contributed by atoms with Gasteiger partial charge in [-0.25, -0.2) is 4.39 Å². The van der Waals surface area contributed by atoms with Gasteiger partial charge in [0.2, 0.25) is 5.91 Å². The first-order valence-electron chi connectivity index (χ1n) is 8.03. The zero-order valence-corrected chi connectivity index (χ0v) is 13.5. The van der Waals surface area contributed by atoms with Crippen molar-refractivity contribution in [3.63, 3.8) is 0 Å². The number of halogens is 1. The number of nitrogens with zero attached hydrogens (tertiary/aromatic N) is 2. The molecular weight excluding hydrogens is 307 g/mol. The van der Waals surface area contributed by atoms with Gasteiger partial charge in [-0.1, -0.05) is 12.1 Å². The molecular formula is C19H19FN2O2. The number of likely N-dealkylation sites (tertiary alicyclic amines) is 1. The Bertz CT molecular complexity index is 776. The van der Waals surface area contributed by atoms with E-state index in [2.05, 4.69) is 4.98 Å². The van der Waals surface area contributed by atoms with Crippen molar-refractivity contribution < 1.29 is 14.0 Å². The average Bonchev–Trinajstić information content (AvgIpc) is 3.07. The SMILES string of the molecule is CC(=O)N1CCCC1c1ccc(Cc2cncc(C=O)c2)c(F)c1. The fraction of sp³-hybridized carbons (Fsp3) is 0.316. The summed E-state index contributed by atoms with van der Waals surface area (Å²) in [7, 11) is 0. The number of aromatic nitrogens is 1. The molecule has 1 aromatic heterocycles. The Morgan fingerprint density at radius 3 is 2.92 bits per heavy atom. The van der Waals surface area contributed by atoms with Gasteiger partial charge in [0, 0.05) is 37.8 Å². The van der Waals surface area contributed by atoms with E-state index in [1.165, 1.54) is 12.3 Å². The Morgan fingerprint density at radius 1 is 1.38 bits per heavy atom. The van der Waals surface area contributed by atoms with Gasteiger partial charge in [-0.3, -0.25) is 14.6 Å². The van der Waals surface area contributed by atoms with Gasteiger partial charge in [0.25, 0.3) is 0 Å². The van der Waals surface area contributed by atoms with Crippen molar-refractivity contribution in [2.75, 3.05) is 6.54 Å². The summed E-state index contributed by atoms with van der Waals surface area (Å²) in [5.41, 5.74) is 2.66. The quantitative estimate of drug-likeness (QED) is 0.810. The Morgan fingerprint density at radius 2 is 2.21 bits per heavy atom. The first kappa shape index (κ1) is 16.3. The summed E-state index contributed by atoms with van der Waals surface area (Å²) in [5.74, 6) is -0.266. The van der Waals surface area contributed by atoms with Gasteiger partial charge in [0.15, 0.2) is 6.29 Å². The maximum absolute atomic E-state index is 14.5. The van der Waals surface area contributed by atoms with Gasteiger partial charge in [-0.2, -0.15) is 0 Å². The standard InChI is InChI=1S/C19H19FN2O2/c1-13(24)22-6-2-3-19(22)17-5-4-16(18(20)9-17)8-14-7-15(12-23)11-21-10-14/h4-5,7,9-12,19H,2-3,6,8H2,1H3. The Labute approximate surface area is 140 Å². The van der Waals surface area contributed by atoms with Crippen molar-refractivity contribution in [1.29, 1.82) is 0 Å². The smallest absolute Gasteiger partial charge is 0.219 e. The molecule has 124 valence electrons. The molecule has 1 aliphatic rings. The third-order valence-electron chi connectivity index (χ3n) is 4.47. The van der Waals surface area contributed by atoms with E-state index >= 15 is 0 Å². The van der Waals surface area contributed by atoms with Crippen molar-refractivity contribution in [3.8, 4) is 0 Å². The molecule has 1 atom stereocenters. The second-order valence-electron chi connectivity index (χ2n) is 6.14. The highest BCUT2D eigenvalue weighted by molar-refractivity contribution is 5.74. The van der Waals surface area contributed by atoms with Crippen LogP contribution in [0.15, 0.2) is 36.7 Å². The zero-order valence-electron chi connectivity index (χ0n) is 13.5. The van der Waals surface area contributed by atoms with Crippen LogP contribution >= 0.6 is 0 Å². The number of carbonyl (C=O) groups excluding carboxylic acids is 2. The fourth-order valence-corrected chi connectivity index (χ4v) is 3.29. The normalized spacial score (nSPS) is 17.1. The number of hydrogen-bond acceptors (Lipinski definition) is 3. The lowest BCUT2D eigenvalue weighted by Crippen LogP contribution is -2.28. The van der Waals surface area contributed by atoms with Crippen LogP contribution in [0.3, 0.4) is 0 Å². The van der Waals surface area contributed by atoms with Gasteiger partial charge in [0.05, 0.1) is 6.04 Å². The summed E-state index contributed by atoms with van der Waals surface area (Å²) in [4.78, 5) is 28.3. The molecule has 0 bridgehead atoms. The zero-order chi connectivity index (χ0) is 17.1. The molecule has 1 unspecified atom stereocenters. The number of aldehydes is 1. The summed E-state index contributed by atoms with van der Waals surface area (Å²) in [6.07, 6.45) is 6.02. The van der Waals surface area contributed by atoms with Crippen molar-refractivity contribution >= 4 is 12.2 Å². The maximum atomic E-state index is 14.5. The largest absolute Gasteiger partial charge is 0.336 e. The van der Waals surface area contributed by atoms with Gasteiger partial charge >= 0.3 is 0 Å². The second kappa shape index (κ2) is 6.91. The maximum Gasteiger partial charge on any atom is 0.219 e. The second-order valence-corrected chi connectivity index (χ2v) is 6.14. The summed E-state index contributed by atoms with van der Waals surface area (Å²) in [5, 5.41) is 0. The number of pyridine rings is 1. The number of amides is 1. The van der Waals surface area contributed by atoms with E-state index in [4.69, 9.17) is 0 Å². The number of rotatable bonds is 4. The van der Waals surface area contributed by atoms with E-state index in [9.17, 15) is 14.0 Å². The van der Waals surface area contributed by atoms with E-state index in [1.807, 2.05) is 6.07 Å². The average molecular weight is 326 g/mol. The van der Waals surface area contributed by atoms with Crippen LogP contribution in [0.4, 0.5) is 4.39 Å². The van der Waals surface area contributed by atoms with E-state index in [0.29, 0.717) is 17.5 Å². The summed E-state index contributed by atoms with van der Waals surface area (Å²) < 4.78 is 14.5. The fourth-order valence-electron chi connectivity index (χ4n) is 3.29. The number of hydrogen-bond donors (Lipinski definition) is 0. The summed E-state index contributed by atoms with van der Waals surface area (Å²) in [6, 6.07) is 6.85. The predicted molar refractivity (Wildman–Crippen MR) is 88.2 cm³/mol. The minimum atomic E-state index is -0.292. The lowest BCUT2D eigenvalue weighted by atomic mass is 9.99. The third-order valence-corrected chi connectivity index (χ3v) is 4.47. The molecule has 1 fully saturated rings. The lowest BCUT2D eigenvalue weighted by molar-refractivity contribution is -0.129. The Kier molecular flexibility index (Phi) is 4.69. The van der Waals surface area contributed by atoms with Crippen LogP contribution in [0.2, 0.25) is 0 Å². The Hall–Kier alpha value is -2.56. The summed E-state index contributed by atoms with van der Waals surface area (Å²) in [6.45, 7) is 2.28. The van der Waals surface area contributed by atoms with Crippen LogP contribution in [-0.2, 0) is 11.2 Å². The van der Waals surface area contributed by atoms with Gasteiger partial charge < -0.3 is 4.90 Å². The molecule has 0 saturated carbocycles. The molecule has 1 aliphatic heterocycles. The van der Waals surface area contributed by atoms with Gasteiger partial charge in [-0.05, 0) is 41.7 Å². The van der Waals surface area contributed by atoms with Crippen LogP contribution < -0.4 is 0 Å². The van der Waals surface area contributed by atoms with Crippen molar-refractivity contribution in [2.24, 2.45) is 0 Å². The highest BCUT2D eigenvalue weighted by Crippen LogP contribution is 2.32. The lowest BCUT2D eigenvalue weighted by Gasteiger charge is -2.24. The van der Waals surface area contributed by atoms with Gasteiger partial charge in [-0.15, -0.1) is 0 Å². The molecule has 1 amide bonds. The molecule has 5 heteroatoms. The molecule has 1 saturated heterocycles. The Balaban J connectivity index is 1.82. The molecule has 24 heavy (non-hydrogen) atoms. The number of benzene rings is 1. The molecule has 1 aromatic carbocycles. The van der Waals surface area contributed by atoms with Crippen LogP contribution in [-0.4, -0.2) is 28.6 Å². The predicted octanol–water partition coefficient (Wildman–Crippen LogP) is 3.31. The minimum Gasteiger partial charge on any atom is -0.336 e. The first-order valence-corrected chi connectivity index (χ1v) is 8.03. The number of carbonyl (C=O) groups is 2. The molecule has 0 aliphatic carbocycles. The molecule has 0 spiro atoms. The minimum absolute atomic E-state index is 0.0266. The van der Waals surface area contributed by atoms with E-state index in [0.717, 1.165) is 36.8 Å². The molecule has 2 heterocycles. The van der Waals surface area contributed by atoms with Crippen LogP contribution in [0.25, 0.3) is 0 Å². The van der Waals surface area contributed by atoms with Crippen molar-refractivity contribution in [3.05, 3.63) is 64.7 Å². The van der Waals surface area contributed by atoms with Crippen LogP contribution in [0, 0.1) is 5.82 Å². The first-order chi connectivity index (χ1) is 11.6. The highest BCUT2D eigenvalue weighted by atomic mass is 19.1. The van der Waals surface area contributed by atoms with Gasteiger partial charge in [0.1, 0.15) is 5.82 Å². The monoisotopic (exact) mass is 326 g/mol. The van der Waals surface area contributed by atoms with E-state index < -0.39 is 0 Å². The topological polar surface area (TPSA) is 50.3 Å². The molecule has 2 aromatic rings. The molecule has 4 nitrogen and oxygen atoms in total. The van der Waals surface area contributed by atoms with Crippen molar-refractivity contribution in [1.82, 2.24) is 9.88 Å². The molecule has 0 N–H and O–H groups in total. The van der Waals surface area contributed by atoms with Crippen molar-refractivity contribution in [2.45, 2.75) is 32.2 Å². The molecule has 3 rings (SSSR count). The molecule has 0 radical (unpaired) electrons. The van der Waals surface area contributed by atoms with Crippen LogP contribution in [0.1, 0.15) is 52.9 Å². The van der Waals surface area contributed by atoms with E-state index in [1.54, 1.807) is 30.2 Å². The highest BCUT2D eigenvalue weighted by Gasteiger charge is 2.28. The van der Waals surface area contributed by atoms with E-state index in [-0.39, 0.29) is 17.8 Å².